The monoisotopic (exact) mass is 448 g/mol. The van der Waals surface area contributed by atoms with Gasteiger partial charge in [-0.3, -0.25) is 9.59 Å². The summed E-state index contributed by atoms with van der Waals surface area (Å²) < 4.78 is 11.1. The van der Waals surface area contributed by atoms with Gasteiger partial charge in [-0.1, -0.05) is 39.0 Å². The van der Waals surface area contributed by atoms with Crippen LogP contribution in [0.15, 0.2) is 54.2 Å². The van der Waals surface area contributed by atoms with Crippen molar-refractivity contribution in [3.05, 3.63) is 59.8 Å². The Morgan fingerprint density at radius 2 is 1.67 bits per heavy atom. The van der Waals surface area contributed by atoms with Crippen LogP contribution in [0, 0.1) is 11.8 Å². The molecule has 0 unspecified atom stereocenters. The molecule has 0 spiro atoms. The third-order valence-electron chi connectivity index (χ3n) is 6.20. The maximum absolute atomic E-state index is 13.7. The average molecular weight is 449 g/mol. The highest BCUT2D eigenvalue weighted by Crippen LogP contribution is 2.37. The van der Waals surface area contributed by atoms with E-state index in [0.717, 1.165) is 37.2 Å². The zero-order valence-corrected chi connectivity index (χ0v) is 19.8. The molecule has 0 aliphatic carbocycles. The van der Waals surface area contributed by atoms with E-state index in [2.05, 4.69) is 25.7 Å². The maximum atomic E-state index is 13.7. The molecule has 2 heterocycles. The molecule has 2 aliphatic heterocycles. The van der Waals surface area contributed by atoms with Gasteiger partial charge in [-0.25, -0.2) is 4.90 Å². The van der Waals surface area contributed by atoms with Crippen LogP contribution in [-0.4, -0.2) is 43.5 Å². The molecule has 6 heteroatoms. The number of methoxy groups -OCH3 is 1. The van der Waals surface area contributed by atoms with Crippen LogP contribution in [0.2, 0.25) is 0 Å². The minimum Gasteiger partial charge on any atom is -0.497 e. The van der Waals surface area contributed by atoms with Gasteiger partial charge in [0.05, 0.1) is 25.0 Å². The number of carbonyl (C=O) groups is 2. The summed E-state index contributed by atoms with van der Waals surface area (Å²) in [7, 11) is 1.57. The topological polar surface area (TPSA) is 59.1 Å². The number of ether oxygens (including phenoxy) is 2. The number of benzene rings is 2. The number of hydrogen-bond acceptors (Lipinski definition) is 5. The van der Waals surface area contributed by atoms with Crippen LogP contribution in [0.3, 0.4) is 0 Å². The van der Waals surface area contributed by atoms with Crippen LogP contribution >= 0.6 is 0 Å². The molecule has 4 rings (SSSR count). The van der Waals surface area contributed by atoms with Crippen molar-refractivity contribution in [1.29, 1.82) is 0 Å². The molecule has 2 aromatic carbocycles. The Bertz CT molecular complexity index is 1050. The van der Waals surface area contributed by atoms with Gasteiger partial charge in [-0.2, -0.15) is 0 Å². The second-order valence-electron chi connectivity index (χ2n) is 9.27. The van der Waals surface area contributed by atoms with E-state index >= 15 is 0 Å². The first-order valence-corrected chi connectivity index (χ1v) is 11.6. The molecule has 0 radical (unpaired) electrons. The van der Waals surface area contributed by atoms with Crippen molar-refractivity contribution >= 4 is 23.1 Å². The van der Waals surface area contributed by atoms with Gasteiger partial charge in [0.2, 0.25) is 0 Å². The summed E-state index contributed by atoms with van der Waals surface area (Å²) in [6, 6.07) is 14.5. The molecule has 2 amide bonds. The van der Waals surface area contributed by atoms with E-state index < -0.39 is 0 Å². The summed E-state index contributed by atoms with van der Waals surface area (Å²) in [5.74, 6) is 1.80. The summed E-state index contributed by atoms with van der Waals surface area (Å²) in [4.78, 5) is 30.7. The van der Waals surface area contributed by atoms with E-state index in [4.69, 9.17) is 9.47 Å². The molecule has 174 valence electrons. The number of carbonyl (C=O) groups excluding carboxylic acids is 2. The summed E-state index contributed by atoms with van der Waals surface area (Å²) >= 11 is 0. The van der Waals surface area contributed by atoms with Crippen LogP contribution in [0.5, 0.6) is 11.5 Å². The number of amides is 2. The van der Waals surface area contributed by atoms with Gasteiger partial charge in [-0.15, -0.1) is 0 Å². The van der Waals surface area contributed by atoms with Crippen LogP contribution in [0.25, 0.3) is 5.57 Å². The Balaban J connectivity index is 1.72. The lowest BCUT2D eigenvalue weighted by atomic mass is 9.97. The largest absolute Gasteiger partial charge is 0.497 e. The van der Waals surface area contributed by atoms with Crippen molar-refractivity contribution in [3.8, 4) is 11.5 Å². The quantitative estimate of drug-likeness (QED) is 0.573. The minimum absolute atomic E-state index is 0.280. The summed E-state index contributed by atoms with van der Waals surface area (Å²) in [6.45, 7) is 8.58. The smallest absolute Gasteiger partial charge is 0.282 e. The number of anilines is 1. The standard InChI is InChI=1S/C27H32N2O4/c1-18(2)17-33-22-10-8-20(9-11-22)24-25(28-14-12-19(3)13-15-28)27(31)29(26(24)30)21-6-5-7-23(16-21)32-4/h5-11,16,18-19H,12-15,17H2,1-4H3. The van der Waals surface area contributed by atoms with Gasteiger partial charge >= 0.3 is 0 Å². The number of imide groups is 1. The lowest BCUT2D eigenvalue weighted by Gasteiger charge is -2.32. The molecular formula is C27H32N2O4. The minimum atomic E-state index is -0.308. The van der Waals surface area contributed by atoms with Crippen molar-refractivity contribution in [2.75, 3.05) is 31.7 Å². The zero-order chi connectivity index (χ0) is 23.5. The fourth-order valence-corrected chi connectivity index (χ4v) is 4.27. The summed E-state index contributed by atoms with van der Waals surface area (Å²) in [5.41, 5.74) is 2.18. The molecule has 2 aromatic rings. The Hall–Kier alpha value is -3.28. The molecule has 33 heavy (non-hydrogen) atoms. The van der Waals surface area contributed by atoms with Crippen molar-refractivity contribution in [1.82, 2.24) is 4.90 Å². The van der Waals surface area contributed by atoms with Crippen molar-refractivity contribution in [3.63, 3.8) is 0 Å². The number of likely N-dealkylation sites (tertiary alicyclic amines) is 1. The maximum Gasteiger partial charge on any atom is 0.282 e. The summed E-state index contributed by atoms with van der Waals surface area (Å²) in [5, 5.41) is 0. The van der Waals surface area contributed by atoms with Crippen LogP contribution < -0.4 is 14.4 Å². The fraction of sp³-hybridized carbons (Fsp3) is 0.407. The Morgan fingerprint density at radius 3 is 2.30 bits per heavy atom. The van der Waals surface area contributed by atoms with Gasteiger partial charge in [0.25, 0.3) is 11.8 Å². The van der Waals surface area contributed by atoms with Crippen LogP contribution in [0.1, 0.15) is 39.2 Å². The number of rotatable bonds is 7. The second kappa shape index (κ2) is 9.69. The van der Waals surface area contributed by atoms with E-state index in [1.165, 1.54) is 4.90 Å². The van der Waals surface area contributed by atoms with E-state index in [1.807, 2.05) is 24.3 Å². The number of hydrogen-bond donors (Lipinski definition) is 0. The highest BCUT2D eigenvalue weighted by Gasteiger charge is 2.43. The van der Waals surface area contributed by atoms with E-state index in [0.29, 0.717) is 41.1 Å². The number of piperidine rings is 1. The first kappa shape index (κ1) is 22.9. The highest BCUT2D eigenvalue weighted by molar-refractivity contribution is 6.45. The molecule has 0 atom stereocenters. The van der Waals surface area contributed by atoms with Crippen molar-refractivity contribution < 1.29 is 19.1 Å². The first-order chi connectivity index (χ1) is 15.9. The Kier molecular flexibility index (Phi) is 6.72. The zero-order valence-electron chi connectivity index (χ0n) is 19.8. The third kappa shape index (κ3) is 4.75. The lowest BCUT2D eigenvalue weighted by molar-refractivity contribution is -0.120. The first-order valence-electron chi connectivity index (χ1n) is 11.6. The predicted molar refractivity (Wildman–Crippen MR) is 129 cm³/mol. The molecule has 6 nitrogen and oxygen atoms in total. The van der Waals surface area contributed by atoms with E-state index in [-0.39, 0.29) is 11.8 Å². The highest BCUT2D eigenvalue weighted by atomic mass is 16.5. The van der Waals surface area contributed by atoms with Crippen LogP contribution in [0.4, 0.5) is 5.69 Å². The third-order valence-corrected chi connectivity index (χ3v) is 6.20. The van der Waals surface area contributed by atoms with E-state index in [1.54, 1.807) is 31.4 Å². The molecule has 2 aliphatic rings. The fourth-order valence-electron chi connectivity index (χ4n) is 4.27. The number of nitrogens with zero attached hydrogens (tertiary/aromatic N) is 2. The SMILES string of the molecule is COc1cccc(N2C(=O)C(c3ccc(OCC(C)C)cc3)=C(N3CCC(C)CC3)C2=O)c1. The normalized spacial score (nSPS) is 17.4. The molecule has 0 bridgehead atoms. The van der Waals surface area contributed by atoms with Gasteiger partial charge in [0, 0.05) is 19.2 Å². The molecule has 0 saturated carbocycles. The van der Waals surface area contributed by atoms with Crippen molar-refractivity contribution in [2.24, 2.45) is 11.8 Å². The molecule has 0 aromatic heterocycles. The predicted octanol–water partition coefficient (Wildman–Crippen LogP) is 4.75. The van der Waals surface area contributed by atoms with Crippen LogP contribution in [-0.2, 0) is 9.59 Å². The van der Waals surface area contributed by atoms with Gasteiger partial charge in [-0.05, 0) is 54.5 Å². The molecule has 0 N–H and O–H groups in total. The van der Waals surface area contributed by atoms with Crippen molar-refractivity contribution in [2.45, 2.75) is 33.6 Å². The summed E-state index contributed by atoms with van der Waals surface area (Å²) in [6.07, 6.45) is 2.00. The molecule has 1 saturated heterocycles. The lowest BCUT2D eigenvalue weighted by Crippen LogP contribution is -2.38. The molecule has 1 fully saturated rings. The molecular weight excluding hydrogens is 416 g/mol. The van der Waals surface area contributed by atoms with Gasteiger partial charge in [0.1, 0.15) is 17.2 Å². The van der Waals surface area contributed by atoms with Gasteiger partial charge in [0.15, 0.2) is 0 Å². The van der Waals surface area contributed by atoms with Gasteiger partial charge < -0.3 is 14.4 Å². The average Bonchev–Trinajstić information content (AvgIpc) is 3.08. The van der Waals surface area contributed by atoms with E-state index in [9.17, 15) is 9.59 Å². The second-order valence-corrected chi connectivity index (χ2v) is 9.27. The Labute approximate surface area is 195 Å². The Morgan fingerprint density at radius 1 is 0.970 bits per heavy atom.